The number of benzene rings is 1. The van der Waals surface area contributed by atoms with E-state index in [9.17, 15) is 0 Å². The predicted octanol–water partition coefficient (Wildman–Crippen LogP) is 2.72. The van der Waals surface area contributed by atoms with Gasteiger partial charge in [-0.15, -0.1) is 10.2 Å². The van der Waals surface area contributed by atoms with Gasteiger partial charge in [-0.25, -0.2) is 0 Å². The summed E-state index contributed by atoms with van der Waals surface area (Å²) in [5, 5.41) is 8.21. The van der Waals surface area contributed by atoms with Crippen molar-refractivity contribution in [2.75, 3.05) is 14.2 Å². The molecule has 0 amide bonds. The van der Waals surface area contributed by atoms with E-state index in [2.05, 4.69) is 31.0 Å². The summed E-state index contributed by atoms with van der Waals surface area (Å²) < 4.78 is 12.6. The standard InChI is InChI=1S/C14H19N3O2/c1-14(2,3)17-9-15-16-13(17)10-6-11(18-4)8-12(7-10)19-5/h6-9H,1-5H3. The van der Waals surface area contributed by atoms with E-state index in [1.807, 2.05) is 22.8 Å². The van der Waals surface area contributed by atoms with E-state index in [4.69, 9.17) is 9.47 Å². The molecule has 0 aliphatic carbocycles. The Morgan fingerprint density at radius 2 is 1.58 bits per heavy atom. The van der Waals surface area contributed by atoms with Crippen molar-refractivity contribution in [1.29, 1.82) is 0 Å². The molecule has 0 atom stereocenters. The third kappa shape index (κ3) is 2.70. The Morgan fingerprint density at radius 1 is 1.00 bits per heavy atom. The van der Waals surface area contributed by atoms with Crippen LogP contribution >= 0.6 is 0 Å². The molecule has 5 nitrogen and oxygen atoms in total. The fourth-order valence-electron chi connectivity index (χ4n) is 1.86. The normalized spacial score (nSPS) is 11.4. The number of nitrogens with zero attached hydrogens (tertiary/aromatic N) is 3. The maximum Gasteiger partial charge on any atom is 0.164 e. The summed E-state index contributed by atoms with van der Waals surface area (Å²) in [6, 6.07) is 5.69. The Kier molecular flexibility index (Phi) is 3.46. The molecule has 0 fully saturated rings. The maximum atomic E-state index is 5.28. The lowest BCUT2D eigenvalue weighted by Gasteiger charge is -2.22. The van der Waals surface area contributed by atoms with Crippen LogP contribution in [0.1, 0.15) is 20.8 Å². The Bertz CT molecular complexity index is 548. The van der Waals surface area contributed by atoms with Gasteiger partial charge < -0.3 is 14.0 Å². The first-order valence-corrected chi connectivity index (χ1v) is 6.09. The highest BCUT2D eigenvalue weighted by molar-refractivity contribution is 5.61. The first kappa shape index (κ1) is 13.4. The molecule has 1 heterocycles. The Labute approximate surface area is 113 Å². The average molecular weight is 261 g/mol. The highest BCUT2D eigenvalue weighted by atomic mass is 16.5. The molecule has 102 valence electrons. The van der Waals surface area contributed by atoms with Gasteiger partial charge in [0.2, 0.25) is 0 Å². The van der Waals surface area contributed by atoms with Crippen molar-refractivity contribution in [2.45, 2.75) is 26.3 Å². The summed E-state index contributed by atoms with van der Waals surface area (Å²) >= 11 is 0. The first-order chi connectivity index (χ1) is 8.95. The van der Waals surface area contributed by atoms with Gasteiger partial charge in [-0.1, -0.05) is 0 Å². The molecule has 0 bridgehead atoms. The van der Waals surface area contributed by atoms with Crippen molar-refractivity contribution in [3.05, 3.63) is 24.5 Å². The largest absolute Gasteiger partial charge is 0.497 e. The third-order valence-corrected chi connectivity index (χ3v) is 2.88. The summed E-state index contributed by atoms with van der Waals surface area (Å²) in [4.78, 5) is 0. The van der Waals surface area contributed by atoms with Crippen LogP contribution in [0.2, 0.25) is 0 Å². The van der Waals surface area contributed by atoms with Crippen molar-refractivity contribution >= 4 is 0 Å². The topological polar surface area (TPSA) is 49.2 Å². The Hall–Kier alpha value is -2.04. The van der Waals surface area contributed by atoms with Crippen LogP contribution in [0.3, 0.4) is 0 Å². The minimum absolute atomic E-state index is 0.0881. The fourth-order valence-corrected chi connectivity index (χ4v) is 1.86. The molecule has 0 aliphatic heterocycles. The van der Waals surface area contributed by atoms with Crippen molar-refractivity contribution in [3.8, 4) is 22.9 Å². The van der Waals surface area contributed by atoms with Crippen molar-refractivity contribution in [3.63, 3.8) is 0 Å². The van der Waals surface area contributed by atoms with Crippen molar-refractivity contribution in [1.82, 2.24) is 14.8 Å². The zero-order valence-electron chi connectivity index (χ0n) is 12.0. The van der Waals surface area contributed by atoms with E-state index in [1.165, 1.54) is 0 Å². The monoisotopic (exact) mass is 261 g/mol. The lowest BCUT2D eigenvalue weighted by molar-refractivity contribution is 0.392. The van der Waals surface area contributed by atoms with Crippen LogP contribution in [0.5, 0.6) is 11.5 Å². The highest BCUT2D eigenvalue weighted by Crippen LogP contribution is 2.30. The van der Waals surface area contributed by atoms with Gasteiger partial charge in [-0.2, -0.15) is 0 Å². The van der Waals surface area contributed by atoms with E-state index >= 15 is 0 Å². The number of methoxy groups -OCH3 is 2. The summed E-state index contributed by atoms with van der Waals surface area (Å²) in [5.74, 6) is 2.26. The minimum atomic E-state index is -0.0881. The molecule has 1 aromatic carbocycles. The summed E-state index contributed by atoms with van der Waals surface area (Å²) in [7, 11) is 3.26. The number of hydrogen-bond donors (Lipinski definition) is 0. The van der Waals surface area contributed by atoms with Gasteiger partial charge in [0.25, 0.3) is 0 Å². The molecule has 0 N–H and O–H groups in total. The van der Waals surface area contributed by atoms with Crippen LogP contribution in [0.15, 0.2) is 24.5 Å². The number of rotatable bonds is 3. The summed E-state index contributed by atoms with van der Waals surface area (Å²) in [6.45, 7) is 6.33. The molecule has 0 unspecified atom stereocenters. The van der Waals surface area contributed by atoms with E-state index in [-0.39, 0.29) is 5.54 Å². The van der Waals surface area contributed by atoms with Crippen molar-refractivity contribution in [2.24, 2.45) is 0 Å². The second kappa shape index (κ2) is 4.91. The van der Waals surface area contributed by atoms with Gasteiger partial charge in [0.15, 0.2) is 5.82 Å². The Balaban J connectivity index is 2.56. The molecular formula is C14H19N3O2. The predicted molar refractivity (Wildman–Crippen MR) is 73.6 cm³/mol. The van der Waals surface area contributed by atoms with Gasteiger partial charge in [-0.3, -0.25) is 0 Å². The van der Waals surface area contributed by atoms with Crippen LogP contribution in [0.25, 0.3) is 11.4 Å². The molecule has 0 spiro atoms. The van der Waals surface area contributed by atoms with Crippen LogP contribution in [-0.2, 0) is 5.54 Å². The van der Waals surface area contributed by atoms with Crippen LogP contribution in [0.4, 0.5) is 0 Å². The maximum absolute atomic E-state index is 5.28. The molecule has 0 saturated heterocycles. The molecule has 19 heavy (non-hydrogen) atoms. The lowest BCUT2D eigenvalue weighted by Crippen LogP contribution is -2.21. The summed E-state index contributed by atoms with van der Waals surface area (Å²) in [6.07, 6.45) is 1.74. The number of hydrogen-bond acceptors (Lipinski definition) is 4. The first-order valence-electron chi connectivity index (χ1n) is 6.09. The quantitative estimate of drug-likeness (QED) is 0.852. The molecule has 2 aromatic rings. The second-order valence-electron chi connectivity index (χ2n) is 5.30. The molecular weight excluding hydrogens is 242 g/mol. The fraction of sp³-hybridized carbons (Fsp3) is 0.429. The molecule has 5 heteroatoms. The SMILES string of the molecule is COc1cc(OC)cc(-c2nncn2C(C)(C)C)c1. The van der Waals surface area contributed by atoms with E-state index in [0.29, 0.717) is 0 Å². The number of aromatic nitrogens is 3. The number of ether oxygens (including phenoxy) is 2. The van der Waals surface area contributed by atoms with Gasteiger partial charge in [0.1, 0.15) is 17.8 Å². The van der Waals surface area contributed by atoms with Crippen LogP contribution < -0.4 is 9.47 Å². The average Bonchev–Trinajstić information content (AvgIpc) is 2.87. The molecule has 0 aliphatic rings. The smallest absolute Gasteiger partial charge is 0.164 e. The van der Waals surface area contributed by atoms with Gasteiger partial charge in [0.05, 0.1) is 14.2 Å². The van der Waals surface area contributed by atoms with Crippen molar-refractivity contribution < 1.29 is 9.47 Å². The highest BCUT2D eigenvalue weighted by Gasteiger charge is 2.19. The second-order valence-corrected chi connectivity index (χ2v) is 5.30. The zero-order valence-corrected chi connectivity index (χ0v) is 12.0. The van der Waals surface area contributed by atoms with E-state index in [0.717, 1.165) is 22.9 Å². The molecule has 2 rings (SSSR count). The van der Waals surface area contributed by atoms with Gasteiger partial charge in [-0.05, 0) is 32.9 Å². The third-order valence-electron chi connectivity index (χ3n) is 2.88. The van der Waals surface area contributed by atoms with E-state index in [1.54, 1.807) is 20.5 Å². The zero-order chi connectivity index (χ0) is 14.0. The lowest BCUT2D eigenvalue weighted by atomic mass is 10.1. The van der Waals surface area contributed by atoms with Crippen LogP contribution in [0, 0.1) is 0 Å². The van der Waals surface area contributed by atoms with Crippen LogP contribution in [-0.4, -0.2) is 29.0 Å². The van der Waals surface area contributed by atoms with Gasteiger partial charge in [0, 0.05) is 17.2 Å². The van der Waals surface area contributed by atoms with Gasteiger partial charge >= 0.3 is 0 Å². The molecule has 0 saturated carbocycles. The molecule has 1 aromatic heterocycles. The Morgan fingerprint density at radius 3 is 2.05 bits per heavy atom. The minimum Gasteiger partial charge on any atom is -0.497 e. The van der Waals surface area contributed by atoms with E-state index < -0.39 is 0 Å². The summed E-state index contributed by atoms with van der Waals surface area (Å²) in [5.41, 5.74) is 0.832. The molecule has 0 radical (unpaired) electrons.